The van der Waals surface area contributed by atoms with Crippen LogP contribution in [0.1, 0.15) is 25.6 Å². The molecule has 84 valence electrons. The van der Waals surface area contributed by atoms with Gasteiger partial charge in [-0.2, -0.15) is 4.98 Å². The van der Waals surface area contributed by atoms with Crippen LogP contribution in [0.3, 0.4) is 0 Å². The van der Waals surface area contributed by atoms with E-state index >= 15 is 0 Å². The van der Waals surface area contributed by atoms with Gasteiger partial charge in [-0.05, 0) is 13.8 Å². The van der Waals surface area contributed by atoms with Crippen LogP contribution in [0.2, 0.25) is 0 Å². The SMILES string of the molecule is Cc1nc(CCN=C(N)NC(C)C)no1. The number of rotatable bonds is 4. The fourth-order valence-electron chi connectivity index (χ4n) is 1.06. The second kappa shape index (κ2) is 5.33. The van der Waals surface area contributed by atoms with Crippen molar-refractivity contribution >= 4 is 5.96 Å². The van der Waals surface area contributed by atoms with E-state index < -0.39 is 0 Å². The first-order chi connectivity index (χ1) is 7.08. The van der Waals surface area contributed by atoms with Crippen LogP contribution < -0.4 is 11.1 Å². The lowest BCUT2D eigenvalue weighted by atomic mass is 10.4. The van der Waals surface area contributed by atoms with Crippen LogP contribution in [0.4, 0.5) is 0 Å². The summed E-state index contributed by atoms with van der Waals surface area (Å²) >= 11 is 0. The predicted molar refractivity (Wildman–Crippen MR) is 57.5 cm³/mol. The van der Waals surface area contributed by atoms with Crippen LogP contribution in [0.5, 0.6) is 0 Å². The number of hydrogen-bond donors (Lipinski definition) is 2. The Morgan fingerprint density at radius 1 is 1.60 bits per heavy atom. The summed E-state index contributed by atoms with van der Waals surface area (Å²) in [5, 5.41) is 6.75. The van der Waals surface area contributed by atoms with Crippen LogP contribution in [-0.4, -0.2) is 28.7 Å². The molecular weight excluding hydrogens is 194 g/mol. The van der Waals surface area contributed by atoms with Gasteiger partial charge in [0.25, 0.3) is 0 Å². The van der Waals surface area contributed by atoms with Crippen molar-refractivity contribution in [2.75, 3.05) is 6.54 Å². The Kier molecular flexibility index (Phi) is 4.08. The molecule has 0 saturated heterocycles. The van der Waals surface area contributed by atoms with E-state index in [1.54, 1.807) is 6.92 Å². The molecule has 0 aliphatic heterocycles. The maximum Gasteiger partial charge on any atom is 0.223 e. The fraction of sp³-hybridized carbons (Fsp3) is 0.667. The van der Waals surface area contributed by atoms with Crippen LogP contribution in [0.25, 0.3) is 0 Å². The number of hydrogen-bond acceptors (Lipinski definition) is 4. The maximum atomic E-state index is 5.62. The van der Waals surface area contributed by atoms with E-state index in [4.69, 9.17) is 10.3 Å². The van der Waals surface area contributed by atoms with Gasteiger partial charge in [0.05, 0.1) is 0 Å². The molecule has 0 spiro atoms. The Morgan fingerprint density at radius 3 is 2.87 bits per heavy atom. The second-order valence-electron chi connectivity index (χ2n) is 3.55. The maximum absolute atomic E-state index is 5.62. The minimum Gasteiger partial charge on any atom is -0.370 e. The molecule has 0 unspecified atom stereocenters. The van der Waals surface area contributed by atoms with Crippen LogP contribution >= 0.6 is 0 Å². The molecule has 0 atom stereocenters. The summed E-state index contributed by atoms with van der Waals surface area (Å²) in [6.07, 6.45) is 0.637. The fourth-order valence-corrected chi connectivity index (χ4v) is 1.06. The van der Waals surface area contributed by atoms with E-state index in [1.807, 2.05) is 13.8 Å². The number of nitrogens with one attached hydrogen (secondary N) is 1. The normalized spacial score (nSPS) is 12.1. The number of nitrogens with two attached hydrogens (primary N) is 1. The molecule has 0 aliphatic rings. The molecule has 0 bridgehead atoms. The van der Waals surface area contributed by atoms with Crippen LogP contribution in [0, 0.1) is 6.92 Å². The molecule has 1 aromatic rings. The summed E-state index contributed by atoms with van der Waals surface area (Å²) in [6, 6.07) is 0.293. The number of guanidine groups is 1. The van der Waals surface area contributed by atoms with Gasteiger partial charge in [-0.15, -0.1) is 0 Å². The third kappa shape index (κ3) is 4.44. The van der Waals surface area contributed by atoms with E-state index in [2.05, 4.69) is 20.4 Å². The van der Waals surface area contributed by atoms with Gasteiger partial charge in [-0.1, -0.05) is 5.16 Å². The topological polar surface area (TPSA) is 89.3 Å². The minimum atomic E-state index is 0.293. The van der Waals surface area contributed by atoms with Crippen molar-refractivity contribution in [3.63, 3.8) is 0 Å². The van der Waals surface area contributed by atoms with E-state index in [9.17, 15) is 0 Å². The van der Waals surface area contributed by atoms with Gasteiger partial charge in [-0.25, -0.2) is 0 Å². The molecule has 0 aliphatic carbocycles. The quantitative estimate of drug-likeness (QED) is 0.550. The average Bonchev–Trinajstić information content (AvgIpc) is 2.50. The van der Waals surface area contributed by atoms with Gasteiger partial charge >= 0.3 is 0 Å². The smallest absolute Gasteiger partial charge is 0.223 e. The molecule has 1 aromatic heterocycles. The van der Waals surface area contributed by atoms with Crippen molar-refractivity contribution in [2.24, 2.45) is 10.7 Å². The zero-order valence-corrected chi connectivity index (χ0v) is 9.32. The van der Waals surface area contributed by atoms with Crippen LogP contribution in [0.15, 0.2) is 9.52 Å². The Hall–Kier alpha value is -1.59. The lowest BCUT2D eigenvalue weighted by Gasteiger charge is -2.07. The summed E-state index contributed by atoms with van der Waals surface area (Å²) in [6.45, 7) is 6.33. The average molecular weight is 211 g/mol. The van der Waals surface area contributed by atoms with Crippen molar-refractivity contribution in [3.8, 4) is 0 Å². The molecule has 1 heterocycles. The lowest BCUT2D eigenvalue weighted by molar-refractivity contribution is 0.387. The Morgan fingerprint density at radius 2 is 2.33 bits per heavy atom. The first-order valence-corrected chi connectivity index (χ1v) is 4.93. The zero-order valence-electron chi connectivity index (χ0n) is 9.32. The third-order valence-corrected chi connectivity index (χ3v) is 1.62. The van der Waals surface area contributed by atoms with Gasteiger partial charge in [0.1, 0.15) is 0 Å². The van der Waals surface area contributed by atoms with Gasteiger partial charge in [0, 0.05) is 25.9 Å². The van der Waals surface area contributed by atoms with E-state index in [-0.39, 0.29) is 0 Å². The monoisotopic (exact) mass is 211 g/mol. The summed E-state index contributed by atoms with van der Waals surface area (Å²) in [5.41, 5.74) is 5.62. The molecule has 6 nitrogen and oxygen atoms in total. The Balaban J connectivity index is 2.32. The largest absolute Gasteiger partial charge is 0.370 e. The van der Waals surface area contributed by atoms with Crippen molar-refractivity contribution in [1.82, 2.24) is 15.5 Å². The van der Waals surface area contributed by atoms with Crippen LogP contribution in [-0.2, 0) is 6.42 Å². The summed E-state index contributed by atoms with van der Waals surface area (Å²) in [5.74, 6) is 1.68. The molecular formula is C9H17N5O. The molecule has 0 radical (unpaired) electrons. The Labute approximate surface area is 89.0 Å². The van der Waals surface area contributed by atoms with E-state index in [0.717, 1.165) is 0 Å². The van der Waals surface area contributed by atoms with E-state index in [0.29, 0.717) is 36.7 Å². The number of aromatic nitrogens is 2. The third-order valence-electron chi connectivity index (χ3n) is 1.62. The molecule has 15 heavy (non-hydrogen) atoms. The van der Waals surface area contributed by atoms with Crippen molar-refractivity contribution in [3.05, 3.63) is 11.7 Å². The Bertz CT molecular complexity index is 331. The molecule has 0 aromatic carbocycles. The second-order valence-corrected chi connectivity index (χ2v) is 3.55. The zero-order chi connectivity index (χ0) is 11.3. The standard InChI is InChI=1S/C9H17N5O/c1-6(2)12-9(10)11-5-4-8-13-7(3)15-14-8/h6H,4-5H2,1-3H3,(H3,10,11,12). The van der Waals surface area contributed by atoms with Gasteiger partial charge in [0.15, 0.2) is 11.8 Å². The number of aryl methyl sites for hydroxylation is 1. The van der Waals surface area contributed by atoms with Gasteiger partial charge in [-0.3, -0.25) is 4.99 Å². The summed E-state index contributed by atoms with van der Waals surface area (Å²) < 4.78 is 4.83. The molecule has 0 amide bonds. The summed E-state index contributed by atoms with van der Waals surface area (Å²) in [7, 11) is 0. The highest BCUT2D eigenvalue weighted by molar-refractivity contribution is 5.78. The van der Waals surface area contributed by atoms with Crippen molar-refractivity contribution < 1.29 is 4.52 Å². The number of aliphatic imine (C=N–C) groups is 1. The van der Waals surface area contributed by atoms with Crippen molar-refractivity contribution in [2.45, 2.75) is 33.2 Å². The van der Waals surface area contributed by atoms with Gasteiger partial charge < -0.3 is 15.6 Å². The molecule has 0 fully saturated rings. The van der Waals surface area contributed by atoms with Gasteiger partial charge in [0.2, 0.25) is 5.89 Å². The lowest BCUT2D eigenvalue weighted by Crippen LogP contribution is -2.36. The van der Waals surface area contributed by atoms with E-state index in [1.165, 1.54) is 0 Å². The predicted octanol–water partition coefficient (Wildman–Crippen LogP) is 0.233. The minimum absolute atomic E-state index is 0.293. The highest BCUT2D eigenvalue weighted by Gasteiger charge is 2.01. The first kappa shape index (κ1) is 11.5. The first-order valence-electron chi connectivity index (χ1n) is 4.93. The van der Waals surface area contributed by atoms with Crippen molar-refractivity contribution in [1.29, 1.82) is 0 Å². The highest BCUT2D eigenvalue weighted by atomic mass is 16.5. The highest BCUT2D eigenvalue weighted by Crippen LogP contribution is 1.95. The summed E-state index contributed by atoms with van der Waals surface area (Å²) in [4.78, 5) is 8.19. The number of nitrogens with zero attached hydrogens (tertiary/aromatic N) is 3. The molecule has 6 heteroatoms. The molecule has 3 N–H and O–H groups in total. The molecule has 1 rings (SSSR count). The molecule has 0 saturated carbocycles.